The van der Waals surface area contributed by atoms with Gasteiger partial charge in [-0.2, -0.15) is 0 Å². The molecule has 0 spiro atoms. The summed E-state index contributed by atoms with van der Waals surface area (Å²) in [5.41, 5.74) is 18.8. The summed E-state index contributed by atoms with van der Waals surface area (Å²) in [6.07, 6.45) is 2.37. The van der Waals surface area contributed by atoms with Gasteiger partial charge in [-0.1, -0.05) is 133 Å². The van der Waals surface area contributed by atoms with E-state index in [-0.39, 0.29) is 23.0 Å². The maximum absolute atomic E-state index is 2.65. The molecule has 10 rings (SSSR count). The summed E-state index contributed by atoms with van der Waals surface area (Å²) in [7, 11) is 0. The topological polar surface area (TPSA) is 6.48 Å². The molecule has 0 bridgehead atoms. The minimum atomic E-state index is 0.0742. The third-order valence-corrected chi connectivity index (χ3v) is 14.1. The second kappa shape index (κ2) is 12.0. The number of thiophene rings is 1. The molecule has 0 unspecified atom stereocenters. The van der Waals surface area contributed by atoms with E-state index in [1.54, 1.807) is 0 Å². The van der Waals surface area contributed by atoms with Gasteiger partial charge in [-0.25, -0.2) is 0 Å². The number of fused-ring (bicyclic) bond motifs is 7. The maximum Gasteiger partial charge on any atom is 0.264 e. The highest BCUT2D eigenvalue weighted by Gasteiger charge is 2.48. The van der Waals surface area contributed by atoms with Gasteiger partial charge in [0.1, 0.15) is 0 Å². The van der Waals surface area contributed by atoms with Crippen molar-refractivity contribution >= 4 is 78.0 Å². The lowest BCUT2D eigenvalue weighted by molar-refractivity contribution is 0.332. The molecule has 0 atom stereocenters. The Balaban J connectivity index is 1.33. The quantitative estimate of drug-likeness (QED) is 0.167. The molecule has 272 valence electrons. The van der Waals surface area contributed by atoms with Crippen LogP contribution in [0.5, 0.6) is 0 Å². The van der Waals surface area contributed by atoms with E-state index >= 15 is 0 Å². The molecule has 0 radical (unpaired) electrons. The van der Waals surface area contributed by atoms with E-state index in [4.69, 9.17) is 0 Å². The van der Waals surface area contributed by atoms with E-state index in [0.717, 1.165) is 0 Å². The number of hydrogen-bond acceptors (Lipinski definition) is 3. The molecule has 1 aliphatic carbocycles. The molecule has 0 N–H and O–H groups in total. The van der Waals surface area contributed by atoms with Gasteiger partial charge in [0.05, 0.1) is 11.4 Å². The van der Waals surface area contributed by atoms with E-state index < -0.39 is 0 Å². The van der Waals surface area contributed by atoms with Crippen LogP contribution in [0.2, 0.25) is 0 Å². The monoisotopic (exact) mass is 732 g/mol. The number of benzene rings is 6. The fraction of sp³-hybridized carbons (Fsp3) is 0.255. The number of anilines is 6. The standard InChI is InChI=1S/C51H49BN2S/c1-32-28-43-46-44(29-32)54(41-20-14-12-18-36(41)33-16-10-9-11-17-33)47-37-19-13-15-21-45(37)55-48(47)52(46)40-30-38-39(51(7,8)27-26-50(38,5)6)31-42(40)53(43)35-24-22-34(23-25-35)49(2,3)4/h9-25,28-31H,26-27H2,1-8H3. The predicted octanol–water partition coefficient (Wildman–Crippen LogP) is 12.6. The van der Waals surface area contributed by atoms with Crippen LogP contribution in [0, 0.1) is 6.92 Å². The summed E-state index contributed by atoms with van der Waals surface area (Å²) in [6.45, 7) is 19.2. The Morgan fingerprint density at radius 1 is 0.618 bits per heavy atom. The maximum atomic E-state index is 2.65. The second-order valence-electron chi connectivity index (χ2n) is 18.5. The number of para-hydroxylation sites is 1. The largest absolute Gasteiger partial charge is 0.311 e. The van der Waals surface area contributed by atoms with Crippen LogP contribution in [0.25, 0.3) is 21.2 Å². The van der Waals surface area contributed by atoms with Crippen molar-refractivity contribution in [2.75, 3.05) is 9.80 Å². The molecule has 4 heteroatoms. The van der Waals surface area contributed by atoms with Crippen LogP contribution in [0.1, 0.15) is 83.6 Å². The van der Waals surface area contributed by atoms with Crippen LogP contribution in [-0.2, 0) is 16.2 Å². The lowest BCUT2D eigenvalue weighted by atomic mass is 9.35. The van der Waals surface area contributed by atoms with E-state index in [2.05, 4.69) is 193 Å². The van der Waals surface area contributed by atoms with Crippen LogP contribution in [0.4, 0.5) is 34.1 Å². The van der Waals surface area contributed by atoms with Gasteiger partial charge in [0, 0.05) is 43.2 Å². The highest BCUT2D eigenvalue weighted by molar-refractivity contribution is 7.33. The number of hydrogen-bond donors (Lipinski definition) is 0. The lowest BCUT2D eigenvalue weighted by Gasteiger charge is -2.47. The predicted molar refractivity (Wildman–Crippen MR) is 240 cm³/mol. The molecule has 0 fully saturated rings. The first-order valence-electron chi connectivity index (χ1n) is 20.0. The highest BCUT2D eigenvalue weighted by Crippen LogP contribution is 2.52. The Kier molecular flexibility index (Phi) is 7.50. The van der Waals surface area contributed by atoms with Gasteiger partial charge in [0.15, 0.2) is 0 Å². The molecule has 0 amide bonds. The minimum Gasteiger partial charge on any atom is -0.311 e. The van der Waals surface area contributed by atoms with Crippen molar-refractivity contribution in [2.24, 2.45) is 0 Å². The number of aryl methyl sites for hydroxylation is 1. The average Bonchev–Trinajstić information content (AvgIpc) is 3.55. The molecule has 3 heterocycles. The van der Waals surface area contributed by atoms with Crippen molar-refractivity contribution in [1.82, 2.24) is 0 Å². The molecule has 7 aromatic rings. The van der Waals surface area contributed by atoms with E-state index in [0.29, 0.717) is 0 Å². The van der Waals surface area contributed by atoms with Crippen molar-refractivity contribution < 1.29 is 0 Å². The third kappa shape index (κ3) is 5.21. The Hall–Kier alpha value is -5.06. The van der Waals surface area contributed by atoms with E-state index in [1.807, 2.05) is 11.3 Å². The van der Waals surface area contributed by atoms with Crippen LogP contribution < -0.4 is 25.5 Å². The van der Waals surface area contributed by atoms with Crippen LogP contribution in [-0.4, -0.2) is 6.71 Å². The van der Waals surface area contributed by atoms with Gasteiger partial charge in [0.2, 0.25) is 0 Å². The summed E-state index contributed by atoms with van der Waals surface area (Å²) in [6, 6.07) is 48.6. The van der Waals surface area contributed by atoms with Crippen LogP contribution >= 0.6 is 11.3 Å². The molecular weight excluding hydrogens is 683 g/mol. The Morgan fingerprint density at radius 3 is 1.95 bits per heavy atom. The molecule has 2 nitrogen and oxygen atoms in total. The van der Waals surface area contributed by atoms with Gasteiger partial charge in [0.25, 0.3) is 6.71 Å². The smallest absolute Gasteiger partial charge is 0.264 e. The summed E-state index contributed by atoms with van der Waals surface area (Å²) in [5.74, 6) is 0. The van der Waals surface area contributed by atoms with Crippen molar-refractivity contribution in [3.05, 3.63) is 150 Å². The summed E-state index contributed by atoms with van der Waals surface area (Å²) in [5, 5.41) is 1.32. The molecule has 1 aromatic heterocycles. The van der Waals surface area contributed by atoms with Gasteiger partial charge in [-0.05, 0) is 117 Å². The zero-order valence-corrected chi connectivity index (χ0v) is 34.2. The number of rotatable bonds is 3. The summed E-state index contributed by atoms with van der Waals surface area (Å²) in [4.78, 5) is 5.23. The molecule has 2 aliphatic heterocycles. The summed E-state index contributed by atoms with van der Waals surface area (Å²) >= 11 is 1.99. The molecule has 55 heavy (non-hydrogen) atoms. The number of nitrogens with zero attached hydrogens (tertiary/aromatic N) is 2. The average molecular weight is 733 g/mol. The molecule has 0 saturated carbocycles. The molecular formula is C51H49BN2S. The second-order valence-corrected chi connectivity index (χ2v) is 19.6. The third-order valence-electron chi connectivity index (χ3n) is 12.9. The highest BCUT2D eigenvalue weighted by atomic mass is 32.1. The molecule has 0 saturated heterocycles. The van der Waals surface area contributed by atoms with Crippen molar-refractivity contribution in [3.63, 3.8) is 0 Å². The Bertz CT molecular complexity index is 2660. The van der Waals surface area contributed by atoms with Gasteiger partial charge < -0.3 is 9.80 Å². The van der Waals surface area contributed by atoms with E-state index in [1.165, 1.54) is 106 Å². The fourth-order valence-electron chi connectivity index (χ4n) is 9.79. The first kappa shape index (κ1) is 34.4. The van der Waals surface area contributed by atoms with Gasteiger partial charge >= 0.3 is 0 Å². The summed E-state index contributed by atoms with van der Waals surface area (Å²) < 4.78 is 2.76. The Labute approximate surface area is 331 Å². The zero-order valence-electron chi connectivity index (χ0n) is 33.4. The normalized spacial score (nSPS) is 16.4. The van der Waals surface area contributed by atoms with Crippen molar-refractivity contribution in [3.8, 4) is 11.1 Å². The van der Waals surface area contributed by atoms with Gasteiger partial charge in [-0.15, -0.1) is 11.3 Å². The zero-order chi connectivity index (χ0) is 38.0. The molecule has 6 aromatic carbocycles. The van der Waals surface area contributed by atoms with Crippen LogP contribution in [0.15, 0.2) is 127 Å². The minimum absolute atomic E-state index is 0.0742. The Morgan fingerprint density at radius 2 is 1.24 bits per heavy atom. The molecule has 3 aliphatic rings. The first-order valence-corrected chi connectivity index (χ1v) is 20.8. The fourth-order valence-corrected chi connectivity index (χ4v) is 11.1. The van der Waals surface area contributed by atoms with Crippen molar-refractivity contribution in [1.29, 1.82) is 0 Å². The van der Waals surface area contributed by atoms with Crippen LogP contribution in [0.3, 0.4) is 0 Å². The van der Waals surface area contributed by atoms with Gasteiger partial charge in [-0.3, -0.25) is 0 Å². The first-order chi connectivity index (χ1) is 26.3. The lowest BCUT2D eigenvalue weighted by Crippen LogP contribution is -2.61. The SMILES string of the molecule is Cc1cc2c3c(c1)N(c1ccccc1-c1ccccc1)c1c(sc4ccccc14)B3c1cc3c(cc1N2c1ccc(C(C)(C)C)cc1)C(C)(C)CCC3(C)C. The van der Waals surface area contributed by atoms with Crippen molar-refractivity contribution in [2.45, 2.75) is 84.5 Å². The van der Waals surface area contributed by atoms with E-state index in [9.17, 15) is 0 Å².